The number of carbonyl (C=O) groups excluding carboxylic acids is 1. The second kappa shape index (κ2) is 10.7. The first-order chi connectivity index (χ1) is 14.1. The van der Waals surface area contributed by atoms with E-state index in [1.54, 1.807) is 12.1 Å². The zero-order valence-electron chi connectivity index (χ0n) is 17.1. The number of carbonyl (C=O) groups is 1. The molecular weight excluding hydrogens is 373 g/mol. The van der Waals surface area contributed by atoms with Crippen molar-refractivity contribution in [2.24, 2.45) is 5.92 Å². The van der Waals surface area contributed by atoms with Gasteiger partial charge in [0, 0.05) is 31.1 Å². The Morgan fingerprint density at radius 2 is 1.97 bits per heavy atom. The lowest BCUT2D eigenvalue weighted by Gasteiger charge is -2.37. The third-order valence-corrected chi connectivity index (χ3v) is 5.83. The van der Waals surface area contributed by atoms with Gasteiger partial charge in [-0.1, -0.05) is 31.4 Å². The number of benzene rings is 1. The first-order valence-electron chi connectivity index (χ1n) is 10.8. The first kappa shape index (κ1) is 21.8. The van der Waals surface area contributed by atoms with Gasteiger partial charge < -0.3 is 19.9 Å². The second-order valence-electron chi connectivity index (χ2n) is 7.89. The Morgan fingerprint density at radius 3 is 2.62 bits per heavy atom. The number of allylic oxidation sites excluding steroid dienone is 1. The van der Waals surface area contributed by atoms with E-state index in [0.717, 1.165) is 31.2 Å². The van der Waals surface area contributed by atoms with Crippen LogP contribution in [0.4, 0.5) is 4.39 Å². The highest BCUT2D eigenvalue weighted by atomic mass is 19.1. The topological polar surface area (TPSA) is 67.8 Å². The van der Waals surface area contributed by atoms with Gasteiger partial charge in [0.05, 0.1) is 0 Å². The quantitative estimate of drug-likeness (QED) is 0.685. The molecule has 1 aromatic rings. The summed E-state index contributed by atoms with van der Waals surface area (Å²) >= 11 is 0. The molecule has 1 saturated carbocycles. The maximum atomic E-state index is 13.5. The molecule has 1 heterocycles. The highest BCUT2D eigenvalue weighted by molar-refractivity contribution is 5.92. The van der Waals surface area contributed by atoms with E-state index in [1.807, 2.05) is 13.0 Å². The van der Waals surface area contributed by atoms with Gasteiger partial charge in [-0.15, -0.1) is 0 Å². The lowest BCUT2D eigenvalue weighted by atomic mass is 9.80. The normalized spacial score (nSPS) is 25.2. The van der Waals surface area contributed by atoms with Gasteiger partial charge >= 0.3 is 0 Å². The van der Waals surface area contributed by atoms with E-state index in [2.05, 4.69) is 5.32 Å². The van der Waals surface area contributed by atoms with Crippen molar-refractivity contribution < 1.29 is 23.8 Å². The highest BCUT2D eigenvalue weighted by Crippen LogP contribution is 2.39. The molecule has 0 aromatic heterocycles. The fraction of sp³-hybridized carbons (Fsp3) is 0.609. The van der Waals surface area contributed by atoms with Crippen molar-refractivity contribution in [2.45, 2.75) is 70.1 Å². The van der Waals surface area contributed by atoms with Crippen LogP contribution in [0.2, 0.25) is 0 Å². The fourth-order valence-electron chi connectivity index (χ4n) is 4.33. The molecule has 29 heavy (non-hydrogen) atoms. The SMILES string of the molecule is CCO[C@@H]1OC(C(=O)NC2CCCCC2)=C[C@H](c2ccc(F)cc2)[C@@H]1CCCO. The zero-order chi connectivity index (χ0) is 20.6. The van der Waals surface area contributed by atoms with Gasteiger partial charge in [0.15, 0.2) is 5.76 Å². The van der Waals surface area contributed by atoms with Crippen LogP contribution in [0.5, 0.6) is 0 Å². The molecule has 1 amide bonds. The number of aliphatic hydroxyl groups is 1. The number of ether oxygens (including phenoxy) is 2. The molecule has 1 aliphatic heterocycles. The summed E-state index contributed by atoms with van der Waals surface area (Å²) in [5.41, 5.74) is 0.908. The van der Waals surface area contributed by atoms with Gasteiger partial charge in [0.1, 0.15) is 5.82 Å². The molecule has 1 aliphatic carbocycles. The Balaban J connectivity index is 1.86. The molecule has 0 radical (unpaired) electrons. The van der Waals surface area contributed by atoms with E-state index >= 15 is 0 Å². The Morgan fingerprint density at radius 1 is 1.24 bits per heavy atom. The molecule has 1 aromatic carbocycles. The van der Waals surface area contributed by atoms with Crippen molar-refractivity contribution in [1.29, 1.82) is 0 Å². The minimum absolute atomic E-state index is 0.0706. The van der Waals surface area contributed by atoms with Crippen LogP contribution in [-0.4, -0.2) is 36.6 Å². The van der Waals surface area contributed by atoms with Crippen LogP contribution in [0.25, 0.3) is 0 Å². The highest BCUT2D eigenvalue weighted by Gasteiger charge is 2.38. The predicted octanol–water partition coefficient (Wildman–Crippen LogP) is 4.02. The lowest BCUT2D eigenvalue weighted by Crippen LogP contribution is -2.42. The summed E-state index contributed by atoms with van der Waals surface area (Å²) in [4.78, 5) is 12.9. The van der Waals surface area contributed by atoms with Crippen LogP contribution in [0, 0.1) is 11.7 Å². The van der Waals surface area contributed by atoms with Crippen molar-refractivity contribution in [1.82, 2.24) is 5.32 Å². The number of halogens is 1. The van der Waals surface area contributed by atoms with Crippen LogP contribution in [0.15, 0.2) is 36.1 Å². The van der Waals surface area contributed by atoms with Crippen molar-refractivity contribution in [2.75, 3.05) is 13.2 Å². The van der Waals surface area contributed by atoms with E-state index in [-0.39, 0.29) is 42.0 Å². The van der Waals surface area contributed by atoms with E-state index in [9.17, 15) is 14.3 Å². The molecule has 3 rings (SSSR count). The molecule has 0 saturated heterocycles. The first-order valence-corrected chi connectivity index (χ1v) is 10.8. The minimum Gasteiger partial charge on any atom is -0.459 e. The van der Waals surface area contributed by atoms with Gasteiger partial charge in [-0.25, -0.2) is 4.39 Å². The maximum absolute atomic E-state index is 13.5. The molecule has 1 fully saturated rings. The smallest absolute Gasteiger partial charge is 0.286 e. The van der Waals surface area contributed by atoms with Crippen molar-refractivity contribution >= 4 is 5.91 Å². The van der Waals surface area contributed by atoms with Gasteiger partial charge in [0.2, 0.25) is 6.29 Å². The monoisotopic (exact) mass is 405 g/mol. The van der Waals surface area contributed by atoms with Gasteiger partial charge in [-0.3, -0.25) is 4.79 Å². The summed E-state index contributed by atoms with van der Waals surface area (Å²) < 4.78 is 25.3. The van der Waals surface area contributed by atoms with E-state index in [0.29, 0.717) is 19.4 Å². The van der Waals surface area contributed by atoms with Gasteiger partial charge in [-0.2, -0.15) is 0 Å². The van der Waals surface area contributed by atoms with E-state index < -0.39 is 6.29 Å². The molecule has 6 heteroatoms. The van der Waals surface area contributed by atoms with Gasteiger partial charge in [0.25, 0.3) is 5.91 Å². The number of hydrogen-bond acceptors (Lipinski definition) is 4. The number of rotatable bonds is 8. The number of hydrogen-bond donors (Lipinski definition) is 2. The van der Waals surface area contributed by atoms with E-state index in [1.165, 1.54) is 18.6 Å². The molecule has 2 aliphatic rings. The molecule has 0 unspecified atom stereocenters. The van der Waals surface area contributed by atoms with Crippen LogP contribution in [0.3, 0.4) is 0 Å². The predicted molar refractivity (Wildman–Crippen MR) is 109 cm³/mol. The van der Waals surface area contributed by atoms with Crippen LogP contribution >= 0.6 is 0 Å². The van der Waals surface area contributed by atoms with Crippen molar-refractivity contribution in [3.05, 3.63) is 47.5 Å². The van der Waals surface area contributed by atoms with Crippen LogP contribution in [-0.2, 0) is 14.3 Å². The summed E-state index contributed by atoms with van der Waals surface area (Å²) in [6.07, 6.45) is 8.01. The standard InChI is InChI=1S/C23H32FNO4/c1-2-28-23-19(9-6-14-26)20(16-10-12-17(24)13-11-16)15-21(29-23)22(27)25-18-7-4-3-5-8-18/h10-13,15,18-20,23,26H,2-9,14H2,1H3,(H,25,27)/t19-,20+,23+/m0/s1. The Kier molecular flexibility index (Phi) is 8.07. The Hall–Kier alpha value is -1.92. The van der Waals surface area contributed by atoms with Gasteiger partial charge in [-0.05, 0) is 56.4 Å². The average Bonchev–Trinajstić information content (AvgIpc) is 2.74. The summed E-state index contributed by atoms with van der Waals surface area (Å²) in [6, 6.07) is 6.53. The maximum Gasteiger partial charge on any atom is 0.286 e. The number of amides is 1. The van der Waals surface area contributed by atoms with Crippen LogP contribution < -0.4 is 5.32 Å². The molecule has 3 atom stereocenters. The molecule has 160 valence electrons. The summed E-state index contributed by atoms with van der Waals surface area (Å²) in [6.45, 7) is 2.41. The number of nitrogens with one attached hydrogen (secondary N) is 1. The average molecular weight is 406 g/mol. The zero-order valence-corrected chi connectivity index (χ0v) is 17.1. The Labute approximate surface area is 172 Å². The molecule has 0 spiro atoms. The molecule has 2 N–H and O–H groups in total. The second-order valence-corrected chi connectivity index (χ2v) is 7.89. The van der Waals surface area contributed by atoms with Crippen molar-refractivity contribution in [3.63, 3.8) is 0 Å². The molecule has 5 nitrogen and oxygen atoms in total. The third-order valence-electron chi connectivity index (χ3n) is 5.83. The minimum atomic E-state index is -0.585. The summed E-state index contributed by atoms with van der Waals surface area (Å²) in [5.74, 6) is -0.468. The third kappa shape index (κ3) is 5.80. The largest absolute Gasteiger partial charge is 0.459 e. The summed E-state index contributed by atoms with van der Waals surface area (Å²) in [5, 5.41) is 12.4. The molecular formula is C23H32FNO4. The Bertz CT molecular complexity index is 685. The van der Waals surface area contributed by atoms with Crippen molar-refractivity contribution in [3.8, 4) is 0 Å². The summed E-state index contributed by atoms with van der Waals surface area (Å²) in [7, 11) is 0. The number of aliphatic hydroxyl groups excluding tert-OH is 1. The van der Waals surface area contributed by atoms with E-state index in [4.69, 9.17) is 9.47 Å². The lowest BCUT2D eigenvalue weighted by molar-refractivity contribution is -0.166. The molecule has 0 bridgehead atoms. The van der Waals surface area contributed by atoms with Crippen LogP contribution in [0.1, 0.15) is 63.4 Å². The fourth-order valence-corrected chi connectivity index (χ4v) is 4.33.